The Morgan fingerprint density at radius 1 is 1.08 bits per heavy atom. The van der Waals surface area contributed by atoms with Crippen LogP contribution in [0.4, 0.5) is 19.3 Å². The molecule has 1 N–H and O–H groups in total. The van der Waals surface area contributed by atoms with Gasteiger partial charge in [0.1, 0.15) is 17.2 Å². The molecule has 0 spiro atoms. The van der Waals surface area contributed by atoms with Crippen LogP contribution in [0.1, 0.15) is 37.9 Å². The largest absolute Gasteiger partial charge is 0.444 e. The summed E-state index contributed by atoms with van der Waals surface area (Å²) >= 11 is 0. The van der Waals surface area contributed by atoms with Crippen LogP contribution in [0.2, 0.25) is 0 Å². The van der Waals surface area contributed by atoms with Gasteiger partial charge in [-0.1, -0.05) is 36.4 Å². The van der Waals surface area contributed by atoms with Crippen molar-refractivity contribution in [3.05, 3.63) is 108 Å². The van der Waals surface area contributed by atoms with Crippen molar-refractivity contribution in [2.75, 3.05) is 0 Å². The molecule has 1 aromatic heterocycles. The number of benzene rings is 2. The molecule has 0 unspecified atom stereocenters. The summed E-state index contributed by atoms with van der Waals surface area (Å²) in [5, 5.41) is 14.1. The van der Waals surface area contributed by atoms with Crippen LogP contribution in [0, 0.1) is 21.7 Å². The number of halogens is 2. The first-order chi connectivity index (χ1) is 16.9. The highest BCUT2D eigenvalue weighted by Gasteiger charge is 2.26. The SMILES string of the molecule is CC(C)(C)OC(=O)N[C@@H](Cn1c(=O)c([N+](=O)[O-])cn(Cc2c(F)cccc2F)c1=O)c1ccccc1. The molecule has 2 aromatic carbocycles. The molecule has 3 rings (SSSR count). The third-order valence-corrected chi connectivity index (χ3v) is 5.06. The molecule has 3 aromatic rings. The van der Waals surface area contributed by atoms with Crippen molar-refractivity contribution in [2.24, 2.45) is 0 Å². The highest BCUT2D eigenvalue weighted by molar-refractivity contribution is 5.68. The fourth-order valence-corrected chi connectivity index (χ4v) is 3.44. The van der Waals surface area contributed by atoms with Gasteiger partial charge in [0.25, 0.3) is 0 Å². The number of ether oxygens (including phenoxy) is 1. The lowest BCUT2D eigenvalue weighted by molar-refractivity contribution is -0.387. The highest BCUT2D eigenvalue weighted by Crippen LogP contribution is 2.17. The molecular weight excluding hydrogens is 478 g/mol. The summed E-state index contributed by atoms with van der Waals surface area (Å²) in [4.78, 5) is 49.1. The second kappa shape index (κ2) is 10.5. The van der Waals surface area contributed by atoms with Crippen molar-refractivity contribution in [1.29, 1.82) is 0 Å². The second-order valence-electron chi connectivity index (χ2n) is 8.91. The lowest BCUT2D eigenvalue weighted by Gasteiger charge is -2.24. The fourth-order valence-electron chi connectivity index (χ4n) is 3.44. The van der Waals surface area contributed by atoms with E-state index in [1.54, 1.807) is 51.1 Å². The van der Waals surface area contributed by atoms with Crippen LogP contribution in [-0.4, -0.2) is 25.8 Å². The summed E-state index contributed by atoms with van der Waals surface area (Å²) in [5.41, 5.74) is -4.14. The normalized spacial score (nSPS) is 12.1. The lowest BCUT2D eigenvalue weighted by atomic mass is 10.1. The zero-order valence-corrected chi connectivity index (χ0v) is 19.7. The van der Waals surface area contributed by atoms with Gasteiger partial charge in [0.15, 0.2) is 0 Å². The smallest absolute Gasteiger partial charge is 0.408 e. The molecule has 1 atom stereocenters. The molecule has 12 heteroatoms. The Morgan fingerprint density at radius 2 is 1.69 bits per heavy atom. The highest BCUT2D eigenvalue weighted by atomic mass is 19.1. The maximum atomic E-state index is 14.2. The molecule has 1 amide bonds. The quantitative estimate of drug-likeness (QED) is 0.389. The first kappa shape index (κ1) is 26.3. The Hall–Kier alpha value is -4.35. The first-order valence-corrected chi connectivity index (χ1v) is 10.8. The van der Waals surface area contributed by atoms with Crippen LogP contribution in [0.25, 0.3) is 0 Å². The van der Waals surface area contributed by atoms with E-state index >= 15 is 0 Å². The van der Waals surface area contributed by atoms with Crippen molar-refractivity contribution in [1.82, 2.24) is 14.5 Å². The van der Waals surface area contributed by atoms with E-state index in [9.17, 15) is 33.3 Å². The molecule has 36 heavy (non-hydrogen) atoms. The predicted octanol–water partition coefficient (Wildman–Crippen LogP) is 3.51. The fraction of sp³-hybridized carbons (Fsp3) is 0.292. The number of nitrogens with zero attached hydrogens (tertiary/aromatic N) is 3. The Balaban J connectivity index is 2.10. The minimum Gasteiger partial charge on any atom is -0.444 e. The van der Waals surface area contributed by atoms with Crippen LogP contribution in [0.3, 0.4) is 0 Å². The van der Waals surface area contributed by atoms with Gasteiger partial charge >= 0.3 is 23.0 Å². The van der Waals surface area contributed by atoms with E-state index in [0.29, 0.717) is 20.9 Å². The molecule has 190 valence electrons. The van der Waals surface area contributed by atoms with E-state index in [-0.39, 0.29) is 0 Å². The summed E-state index contributed by atoms with van der Waals surface area (Å²) in [5.74, 6) is -1.92. The number of rotatable bonds is 7. The molecule has 0 fully saturated rings. The molecule has 0 saturated carbocycles. The van der Waals surface area contributed by atoms with Gasteiger partial charge in [-0.25, -0.2) is 18.4 Å². The van der Waals surface area contributed by atoms with Crippen molar-refractivity contribution < 1.29 is 23.2 Å². The summed E-state index contributed by atoms with van der Waals surface area (Å²) < 4.78 is 34.9. The number of amides is 1. The molecule has 0 saturated heterocycles. The number of carbonyl (C=O) groups excluding carboxylic acids is 1. The van der Waals surface area contributed by atoms with Crippen molar-refractivity contribution in [3.63, 3.8) is 0 Å². The van der Waals surface area contributed by atoms with Gasteiger partial charge in [-0.05, 0) is 38.5 Å². The Labute approximate surface area is 203 Å². The van der Waals surface area contributed by atoms with Gasteiger partial charge in [-0.15, -0.1) is 0 Å². The lowest BCUT2D eigenvalue weighted by Crippen LogP contribution is -2.45. The van der Waals surface area contributed by atoms with Gasteiger partial charge in [-0.2, -0.15) is 0 Å². The molecule has 1 heterocycles. The minimum absolute atomic E-state index is 0.480. The van der Waals surface area contributed by atoms with Gasteiger partial charge < -0.3 is 10.1 Å². The topological polar surface area (TPSA) is 125 Å². The molecule has 0 aliphatic rings. The number of hydrogen-bond acceptors (Lipinski definition) is 6. The molecule has 0 aliphatic carbocycles. The average molecular weight is 502 g/mol. The van der Waals surface area contributed by atoms with Gasteiger partial charge in [-0.3, -0.25) is 24.0 Å². The molecule has 0 radical (unpaired) electrons. The third kappa shape index (κ3) is 6.20. The number of nitro groups is 1. The minimum atomic E-state index is -1.23. The van der Waals surface area contributed by atoms with Crippen molar-refractivity contribution >= 4 is 11.8 Å². The molecule has 0 aliphatic heterocycles. The Morgan fingerprint density at radius 3 is 2.25 bits per heavy atom. The molecule has 10 nitrogen and oxygen atoms in total. The van der Waals surface area contributed by atoms with Crippen LogP contribution in [0.5, 0.6) is 0 Å². The molecule has 0 bridgehead atoms. The van der Waals surface area contributed by atoms with E-state index < -0.39 is 69.9 Å². The van der Waals surface area contributed by atoms with E-state index in [1.165, 1.54) is 0 Å². The second-order valence-corrected chi connectivity index (χ2v) is 8.91. The number of aromatic nitrogens is 2. The third-order valence-electron chi connectivity index (χ3n) is 5.06. The number of carbonyl (C=O) groups is 1. The standard InChI is InChI=1S/C24H24F2N4O6/c1-24(2,3)36-22(32)27-19(15-8-5-4-6-9-15)13-29-21(31)20(30(34)35)14-28(23(29)33)12-16-17(25)10-7-11-18(16)26/h4-11,14,19H,12-13H2,1-3H3,(H,27,32)/t19-/m0/s1. The van der Waals surface area contributed by atoms with E-state index in [4.69, 9.17) is 4.74 Å². The number of alkyl carbamates (subject to hydrolysis) is 1. The van der Waals surface area contributed by atoms with Gasteiger partial charge in [0, 0.05) is 5.56 Å². The maximum Gasteiger partial charge on any atom is 0.408 e. The van der Waals surface area contributed by atoms with Crippen molar-refractivity contribution in [3.8, 4) is 0 Å². The molecular formula is C24H24F2N4O6. The maximum absolute atomic E-state index is 14.2. The van der Waals surface area contributed by atoms with Crippen LogP contribution in [0.15, 0.2) is 64.3 Å². The summed E-state index contributed by atoms with van der Waals surface area (Å²) in [6.07, 6.45) is -0.199. The van der Waals surface area contributed by atoms with Crippen molar-refractivity contribution in [2.45, 2.75) is 45.5 Å². The van der Waals surface area contributed by atoms with Gasteiger partial charge in [0.2, 0.25) is 0 Å². The first-order valence-electron chi connectivity index (χ1n) is 10.8. The number of hydrogen-bond donors (Lipinski definition) is 1. The predicted molar refractivity (Wildman–Crippen MR) is 126 cm³/mol. The van der Waals surface area contributed by atoms with E-state index in [1.807, 2.05) is 0 Å². The summed E-state index contributed by atoms with van der Waals surface area (Å²) in [7, 11) is 0. The summed E-state index contributed by atoms with van der Waals surface area (Å²) in [6.45, 7) is 3.73. The Kier molecular flexibility index (Phi) is 7.66. The van der Waals surface area contributed by atoms with E-state index in [0.717, 1.165) is 18.2 Å². The van der Waals surface area contributed by atoms with E-state index in [2.05, 4.69) is 5.32 Å². The zero-order valence-electron chi connectivity index (χ0n) is 19.7. The van der Waals surface area contributed by atoms with Crippen LogP contribution >= 0.6 is 0 Å². The summed E-state index contributed by atoms with van der Waals surface area (Å²) in [6, 6.07) is 10.4. The monoisotopic (exact) mass is 502 g/mol. The zero-order chi connectivity index (χ0) is 26.6. The van der Waals surface area contributed by atoms with Crippen LogP contribution < -0.4 is 16.6 Å². The Bertz CT molecular complexity index is 1380. The number of nitrogens with one attached hydrogen (secondary N) is 1. The van der Waals surface area contributed by atoms with Crippen LogP contribution in [-0.2, 0) is 17.8 Å². The average Bonchev–Trinajstić information content (AvgIpc) is 2.78. The van der Waals surface area contributed by atoms with Gasteiger partial charge in [0.05, 0.1) is 30.3 Å².